The number of H-pyrrole nitrogens is 1. The summed E-state index contributed by atoms with van der Waals surface area (Å²) >= 11 is 8.90. The Kier molecular flexibility index (Phi) is 3.54. The molecule has 1 aromatic carbocycles. The summed E-state index contributed by atoms with van der Waals surface area (Å²) in [4.78, 5) is 7.93. The SMILES string of the molecule is CCc1ccc(-c2nc(=S)c(Br)c(C3CC3)[nH]2)cc1. The van der Waals surface area contributed by atoms with Crippen LogP contribution in [0.25, 0.3) is 11.4 Å². The molecule has 0 amide bonds. The van der Waals surface area contributed by atoms with Gasteiger partial charge in [-0.15, -0.1) is 0 Å². The zero-order chi connectivity index (χ0) is 13.4. The second-order valence-corrected chi connectivity index (χ2v) is 6.12. The van der Waals surface area contributed by atoms with E-state index < -0.39 is 0 Å². The molecule has 1 aliphatic carbocycles. The van der Waals surface area contributed by atoms with E-state index in [2.05, 4.69) is 57.1 Å². The van der Waals surface area contributed by atoms with E-state index in [0.29, 0.717) is 10.6 Å². The van der Waals surface area contributed by atoms with E-state index in [-0.39, 0.29) is 0 Å². The second kappa shape index (κ2) is 5.17. The van der Waals surface area contributed by atoms with Crippen molar-refractivity contribution in [1.29, 1.82) is 0 Å². The summed E-state index contributed by atoms with van der Waals surface area (Å²) in [6, 6.07) is 8.51. The van der Waals surface area contributed by atoms with Crippen LogP contribution in [0.1, 0.15) is 36.9 Å². The van der Waals surface area contributed by atoms with Gasteiger partial charge in [-0.25, -0.2) is 4.98 Å². The van der Waals surface area contributed by atoms with Crippen molar-refractivity contribution in [2.45, 2.75) is 32.1 Å². The molecule has 1 aliphatic rings. The van der Waals surface area contributed by atoms with Crippen molar-refractivity contribution < 1.29 is 0 Å². The Bertz CT molecular complexity index is 657. The summed E-state index contributed by atoms with van der Waals surface area (Å²) in [7, 11) is 0. The monoisotopic (exact) mass is 334 g/mol. The highest BCUT2D eigenvalue weighted by Crippen LogP contribution is 2.42. The number of hydrogen-bond acceptors (Lipinski definition) is 2. The maximum absolute atomic E-state index is 5.35. The number of benzene rings is 1. The van der Waals surface area contributed by atoms with Gasteiger partial charge in [0.05, 0.1) is 4.47 Å². The minimum atomic E-state index is 0.618. The van der Waals surface area contributed by atoms with Gasteiger partial charge in [0.1, 0.15) is 10.5 Å². The Balaban J connectivity index is 2.06. The average Bonchev–Trinajstić information content (AvgIpc) is 3.26. The molecule has 1 saturated carbocycles. The molecule has 0 radical (unpaired) electrons. The lowest BCUT2D eigenvalue weighted by Crippen LogP contribution is -1.97. The number of rotatable bonds is 3. The smallest absolute Gasteiger partial charge is 0.144 e. The largest absolute Gasteiger partial charge is 0.342 e. The highest BCUT2D eigenvalue weighted by Gasteiger charge is 2.27. The van der Waals surface area contributed by atoms with Crippen molar-refractivity contribution in [1.82, 2.24) is 9.97 Å². The Morgan fingerprint density at radius 3 is 2.58 bits per heavy atom. The normalized spacial score (nSPS) is 14.6. The van der Waals surface area contributed by atoms with Crippen LogP contribution >= 0.6 is 28.1 Å². The number of aromatic nitrogens is 2. The fourth-order valence-corrected chi connectivity index (χ4v) is 2.88. The first-order valence-corrected chi connectivity index (χ1v) is 7.78. The van der Waals surface area contributed by atoms with E-state index in [1.807, 2.05) is 0 Å². The molecule has 2 aromatic rings. The van der Waals surface area contributed by atoms with Gasteiger partial charge in [-0.3, -0.25) is 0 Å². The van der Waals surface area contributed by atoms with Crippen LogP contribution in [0.15, 0.2) is 28.7 Å². The van der Waals surface area contributed by atoms with E-state index in [1.165, 1.54) is 24.1 Å². The summed E-state index contributed by atoms with van der Waals surface area (Å²) in [6.07, 6.45) is 3.53. The molecular weight excluding hydrogens is 320 g/mol. The van der Waals surface area contributed by atoms with Crippen LogP contribution in [-0.2, 0) is 6.42 Å². The first-order chi connectivity index (χ1) is 9.19. The third-order valence-corrected chi connectivity index (χ3v) is 4.87. The Morgan fingerprint density at radius 2 is 2.00 bits per heavy atom. The molecule has 0 bridgehead atoms. The topological polar surface area (TPSA) is 28.7 Å². The third-order valence-electron chi connectivity index (χ3n) is 3.51. The number of halogens is 1. The summed E-state index contributed by atoms with van der Waals surface area (Å²) in [5.41, 5.74) is 3.63. The molecule has 1 fully saturated rings. The van der Waals surface area contributed by atoms with Gasteiger partial charge in [0.2, 0.25) is 0 Å². The van der Waals surface area contributed by atoms with E-state index in [1.54, 1.807) is 0 Å². The predicted molar refractivity (Wildman–Crippen MR) is 83.9 cm³/mol. The van der Waals surface area contributed by atoms with Crippen LogP contribution in [0.4, 0.5) is 0 Å². The quantitative estimate of drug-likeness (QED) is 0.799. The van der Waals surface area contributed by atoms with E-state index in [4.69, 9.17) is 12.2 Å². The zero-order valence-corrected chi connectivity index (χ0v) is 13.1. The van der Waals surface area contributed by atoms with Gasteiger partial charge < -0.3 is 4.98 Å². The number of hydrogen-bond donors (Lipinski definition) is 1. The standard InChI is InChI=1S/C15H15BrN2S/c1-2-9-3-5-11(6-4-9)14-17-13(10-7-8-10)12(16)15(19)18-14/h3-6,10H,2,7-8H2,1H3,(H,17,18,19). The molecule has 2 nitrogen and oxygen atoms in total. The molecule has 0 spiro atoms. The number of aryl methyl sites for hydroxylation is 1. The first kappa shape index (κ1) is 13.0. The van der Waals surface area contributed by atoms with Gasteiger partial charge in [-0.1, -0.05) is 43.4 Å². The van der Waals surface area contributed by atoms with Crippen molar-refractivity contribution in [2.24, 2.45) is 0 Å². The average molecular weight is 335 g/mol. The van der Waals surface area contributed by atoms with Crippen LogP contribution in [0.5, 0.6) is 0 Å². The number of nitrogens with one attached hydrogen (secondary N) is 1. The van der Waals surface area contributed by atoms with E-state index >= 15 is 0 Å². The van der Waals surface area contributed by atoms with Crippen LogP contribution in [0, 0.1) is 4.64 Å². The fraction of sp³-hybridized carbons (Fsp3) is 0.333. The van der Waals surface area contributed by atoms with Crippen molar-refractivity contribution >= 4 is 28.1 Å². The molecular formula is C15H15BrN2S. The highest BCUT2D eigenvalue weighted by molar-refractivity contribution is 9.10. The predicted octanol–water partition coefficient (Wildman–Crippen LogP) is 5.01. The molecule has 0 saturated heterocycles. The molecule has 4 heteroatoms. The van der Waals surface area contributed by atoms with Gasteiger partial charge >= 0.3 is 0 Å². The molecule has 1 heterocycles. The molecule has 1 aromatic heterocycles. The zero-order valence-electron chi connectivity index (χ0n) is 10.7. The molecule has 98 valence electrons. The van der Waals surface area contributed by atoms with Crippen LogP contribution in [0.3, 0.4) is 0 Å². The van der Waals surface area contributed by atoms with Crippen LogP contribution in [-0.4, -0.2) is 9.97 Å². The van der Waals surface area contributed by atoms with Crippen LogP contribution < -0.4 is 0 Å². The lowest BCUT2D eigenvalue weighted by Gasteiger charge is -2.08. The summed E-state index contributed by atoms with van der Waals surface area (Å²) in [6.45, 7) is 2.16. The van der Waals surface area contributed by atoms with Crippen molar-refractivity contribution in [2.75, 3.05) is 0 Å². The van der Waals surface area contributed by atoms with E-state index in [0.717, 1.165) is 22.3 Å². The molecule has 3 rings (SSSR count). The molecule has 0 atom stereocenters. The Morgan fingerprint density at radius 1 is 1.32 bits per heavy atom. The molecule has 0 aliphatic heterocycles. The summed E-state index contributed by atoms with van der Waals surface area (Å²) in [5, 5.41) is 0. The number of aromatic amines is 1. The van der Waals surface area contributed by atoms with Crippen molar-refractivity contribution in [3.8, 4) is 11.4 Å². The Labute approximate surface area is 126 Å². The highest BCUT2D eigenvalue weighted by atomic mass is 79.9. The summed E-state index contributed by atoms with van der Waals surface area (Å²) in [5.74, 6) is 1.49. The fourth-order valence-electron chi connectivity index (χ4n) is 2.16. The molecule has 1 N–H and O–H groups in total. The second-order valence-electron chi connectivity index (χ2n) is 4.94. The lowest BCUT2D eigenvalue weighted by molar-refractivity contribution is 0.972. The first-order valence-electron chi connectivity index (χ1n) is 6.58. The molecule has 0 unspecified atom stereocenters. The molecule has 19 heavy (non-hydrogen) atoms. The van der Waals surface area contributed by atoms with Crippen molar-refractivity contribution in [3.63, 3.8) is 0 Å². The van der Waals surface area contributed by atoms with E-state index in [9.17, 15) is 0 Å². The minimum absolute atomic E-state index is 0.618. The van der Waals surface area contributed by atoms with Gasteiger partial charge in [0.15, 0.2) is 0 Å². The summed E-state index contributed by atoms with van der Waals surface area (Å²) < 4.78 is 1.61. The van der Waals surface area contributed by atoms with Crippen LogP contribution in [0.2, 0.25) is 0 Å². The lowest BCUT2D eigenvalue weighted by atomic mass is 10.1. The maximum Gasteiger partial charge on any atom is 0.144 e. The van der Waals surface area contributed by atoms with Crippen molar-refractivity contribution in [3.05, 3.63) is 44.6 Å². The van der Waals surface area contributed by atoms with Gasteiger partial charge in [0.25, 0.3) is 0 Å². The number of nitrogens with zero attached hydrogens (tertiary/aromatic N) is 1. The van der Waals surface area contributed by atoms with Gasteiger partial charge in [0, 0.05) is 17.2 Å². The van der Waals surface area contributed by atoms with Gasteiger partial charge in [-0.2, -0.15) is 0 Å². The maximum atomic E-state index is 5.35. The van der Waals surface area contributed by atoms with Gasteiger partial charge in [-0.05, 0) is 40.8 Å². The third kappa shape index (κ3) is 2.65. The Hall–Kier alpha value is -1.00. The minimum Gasteiger partial charge on any atom is -0.342 e.